The van der Waals surface area contributed by atoms with Crippen LogP contribution < -0.4 is 11.5 Å². The Morgan fingerprint density at radius 2 is 0.629 bits per heavy atom. The van der Waals surface area contributed by atoms with Gasteiger partial charge in [-0.1, -0.05) is 101 Å². The van der Waals surface area contributed by atoms with Crippen molar-refractivity contribution in [3.63, 3.8) is 0 Å². The molecule has 0 bridgehead atoms. The van der Waals surface area contributed by atoms with E-state index >= 15 is 0 Å². The summed E-state index contributed by atoms with van der Waals surface area (Å²) >= 11 is 0. The van der Waals surface area contributed by atoms with Gasteiger partial charge in [0.15, 0.2) is 0 Å². The molecule has 0 spiro atoms. The van der Waals surface area contributed by atoms with Gasteiger partial charge in [-0.3, -0.25) is 28.8 Å². The van der Waals surface area contributed by atoms with Gasteiger partial charge in [-0.15, -0.1) is 0 Å². The Labute approximate surface area is 368 Å². The SMILES string of the molecule is CCCCN1CC(=O)N(Cc2cc(C)cc(C)c2)CC(=O)N(CCCN)CC(=O)N(Cc2cc(C)cc(C)c2)CC(=O)N(CCN)CC(=O)N(Cc2cc(C)cc(C)c2)CC1=O. The molecule has 3 aromatic carbocycles. The number of hydrogen-bond acceptors (Lipinski definition) is 8. The molecule has 6 amide bonds. The maximum absolute atomic E-state index is 14.5. The van der Waals surface area contributed by atoms with Gasteiger partial charge in [0.25, 0.3) is 0 Å². The number of hydrogen-bond donors (Lipinski definition) is 2. The van der Waals surface area contributed by atoms with E-state index in [2.05, 4.69) is 0 Å². The zero-order chi connectivity index (χ0) is 45.5. The molecule has 0 unspecified atom stereocenters. The highest BCUT2D eigenvalue weighted by Gasteiger charge is 2.31. The lowest BCUT2D eigenvalue weighted by atomic mass is 10.1. The topological polar surface area (TPSA) is 174 Å². The molecule has 4 rings (SSSR count). The second kappa shape index (κ2) is 23.6. The summed E-state index contributed by atoms with van der Waals surface area (Å²) < 4.78 is 0. The van der Waals surface area contributed by atoms with Crippen LogP contribution in [0.2, 0.25) is 0 Å². The standard InChI is InChI=1S/C48H68N8O6/c1-8-9-13-51-28-46(60)54(25-40-19-34(2)16-35(3)20-40)32-44(58)52(14-10-11-49)29-47(61)56(27-42-23-38(6)18-39(7)24-42)33-45(59)53(15-12-50)30-48(62)55(31-43(51)57)26-41-21-36(4)17-37(5)22-41/h16-24H,8-15,25-33,49-50H2,1-7H3. The van der Waals surface area contributed by atoms with Crippen LogP contribution in [0.4, 0.5) is 0 Å². The van der Waals surface area contributed by atoms with Gasteiger partial charge in [-0.05, 0) is 77.6 Å². The average Bonchev–Trinajstić information content (AvgIpc) is 3.18. The maximum atomic E-state index is 14.5. The van der Waals surface area contributed by atoms with Crippen molar-refractivity contribution in [2.45, 2.75) is 87.4 Å². The molecule has 336 valence electrons. The second-order valence-electron chi connectivity index (χ2n) is 17.0. The summed E-state index contributed by atoms with van der Waals surface area (Å²) in [6.07, 6.45) is 1.74. The molecule has 1 aliphatic rings. The van der Waals surface area contributed by atoms with E-state index < -0.39 is 48.5 Å². The van der Waals surface area contributed by atoms with Crippen LogP contribution in [0.25, 0.3) is 0 Å². The lowest BCUT2D eigenvalue weighted by molar-refractivity contribution is -0.150. The Morgan fingerprint density at radius 3 is 0.903 bits per heavy atom. The first-order valence-electron chi connectivity index (χ1n) is 21.8. The lowest BCUT2D eigenvalue weighted by Crippen LogP contribution is -2.53. The Bertz CT molecular complexity index is 1950. The molecule has 3 aromatic rings. The number of unbranched alkanes of at least 4 members (excludes halogenated alkanes) is 1. The summed E-state index contributed by atoms with van der Waals surface area (Å²) in [6.45, 7) is 12.5. The Hall–Kier alpha value is -5.60. The first-order valence-corrected chi connectivity index (χ1v) is 21.8. The fourth-order valence-corrected chi connectivity index (χ4v) is 8.08. The molecule has 1 fully saturated rings. The van der Waals surface area contributed by atoms with Gasteiger partial charge < -0.3 is 40.9 Å². The first kappa shape index (κ1) is 49.1. The molecule has 0 saturated carbocycles. The second-order valence-corrected chi connectivity index (χ2v) is 17.0. The summed E-state index contributed by atoms with van der Waals surface area (Å²) in [5, 5.41) is 0. The van der Waals surface area contributed by atoms with Gasteiger partial charge in [0.2, 0.25) is 35.4 Å². The minimum atomic E-state index is -0.505. The normalized spacial score (nSPS) is 15.8. The molecule has 14 nitrogen and oxygen atoms in total. The van der Waals surface area contributed by atoms with Gasteiger partial charge in [0, 0.05) is 45.8 Å². The highest BCUT2D eigenvalue weighted by Crippen LogP contribution is 2.17. The number of aryl methyl sites for hydroxylation is 6. The molecular weight excluding hydrogens is 785 g/mol. The zero-order valence-corrected chi connectivity index (χ0v) is 38.0. The van der Waals surface area contributed by atoms with Gasteiger partial charge in [0.05, 0.1) is 19.6 Å². The number of nitrogens with zero attached hydrogens (tertiary/aromatic N) is 6. The van der Waals surface area contributed by atoms with E-state index in [1.165, 1.54) is 29.4 Å². The van der Waals surface area contributed by atoms with Crippen molar-refractivity contribution in [2.75, 3.05) is 72.0 Å². The van der Waals surface area contributed by atoms with Crippen molar-refractivity contribution >= 4 is 35.4 Å². The number of amides is 6. The van der Waals surface area contributed by atoms with Crippen molar-refractivity contribution in [3.8, 4) is 0 Å². The molecule has 1 saturated heterocycles. The van der Waals surface area contributed by atoms with Crippen LogP contribution >= 0.6 is 0 Å². The minimum Gasteiger partial charge on any atom is -0.332 e. The molecule has 14 heteroatoms. The van der Waals surface area contributed by atoms with Crippen LogP contribution in [0.3, 0.4) is 0 Å². The molecule has 0 radical (unpaired) electrons. The number of carbonyl (C=O) groups is 6. The third kappa shape index (κ3) is 15.1. The quantitative estimate of drug-likeness (QED) is 0.248. The van der Waals surface area contributed by atoms with E-state index in [4.69, 9.17) is 11.5 Å². The van der Waals surface area contributed by atoms with Crippen molar-refractivity contribution in [3.05, 3.63) is 105 Å². The number of benzene rings is 3. The Balaban J connectivity index is 1.85. The summed E-state index contributed by atoms with van der Waals surface area (Å²) in [7, 11) is 0. The predicted molar refractivity (Wildman–Crippen MR) is 241 cm³/mol. The summed E-state index contributed by atoms with van der Waals surface area (Å²) in [5.41, 5.74) is 20.3. The largest absolute Gasteiger partial charge is 0.332 e. The number of rotatable bonds is 14. The van der Waals surface area contributed by atoms with Gasteiger partial charge in [-0.2, -0.15) is 0 Å². The van der Waals surface area contributed by atoms with Crippen LogP contribution in [0.15, 0.2) is 54.6 Å². The van der Waals surface area contributed by atoms with Crippen LogP contribution in [0.1, 0.15) is 76.3 Å². The Kier molecular flexibility index (Phi) is 18.7. The van der Waals surface area contributed by atoms with Crippen LogP contribution in [0, 0.1) is 41.5 Å². The van der Waals surface area contributed by atoms with E-state index in [-0.39, 0.29) is 78.5 Å². The molecular formula is C48H68N8O6. The van der Waals surface area contributed by atoms with Crippen LogP contribution in [0.5, 0.6) is 0 Å². The maximum Gasteiger partial charge on any atom is 0.242 e. The van der Waals surface area contributed by atoms with Crippen LogP contribution in [-0.2, 0) is 48.4 Å². The monoisotopic (exact) mass is 853 g/mol. The summed E-state index contributed by atoms with van der Waals surface area (Å²) in [4.78, 5) is 95.1. The molecule has 1 aliphatic heterocycles. The number of carbonyl (C=O) groups excluding carboxylic acids is 6. The first-order chi connectivity index (χ1) is 29.5. The number of nitrogens with two attached hydrogens (primary N) is 2. The summed E-state index contributed by atoms with van der Waals surface area (Å²) in [5.74, 6) is -2.82. The van der Waals surface area contributed by atoms with E-state index in [9.17, 15) is 28.8 Å². The molecule has 0 aliphatic carbocycles. The van der Waals surface area contributed by atoms with Gasteiger partial charge >= 0.3 is 0 Å². The van der Waals surface area contributed by atoms with E-state index in [1.807, 2.05) is 103 Å². The third-order valence-corrected chi connectivity index (χ3v) is 10.9. The predicted octanol–water partition coefficient (Wildman–Crippen LogP) is 3.53. The van der Waals surface area contributed by atoms with E-state index in [1.54, 1.807) is 0 Å². The molecule has 1 heterocycles. The lowest BCUT2D eigenvalue weighted by Gasteiger charge is -2.34. The third-order valence-electron chi connectivity index (χ3n) is 10.9. The fraction of sp³-hybridized carbons (Fsp3) is 0.500. The van der Waals surface area contributed by atoms with Crippen molar-refractivity contribution in [1.82, 2.24) is 29.4 Å². The van der Waals surface area contributed by atoms with Crippen molar-refractivity contribution in [2.24, 2.45) is 11.5 Å². The highest BCUT2D eigenvalue weighted by molar-refractivity contribution is 5.93. The highest BCUT2D eigenvalue weighted by atomic mass is 16.2. The smallest absolute Gasteiger partial charge is 0.242 e. The van der Waals surface area contributed by atoms with E-state index in [0.717, 1.165) is 56.5 Å². The average molecular weight is 853 g/mol. The molecule has 62 heavy (non-hydrogen) atoms. The zero-order valence-electron chi connectivity index (χ0n) is 38.0. The molecule has 0 atom stereocenters. The van der Waals surface area contributed by atoms with Gasteiger partial charge in [-0.25, -0.2) is 0 Å². The minimum absolute atomic E-state index is 0.0238. The van der Waals surface area contributed by atoms with Crippen molar-refractivity contribution < 1.29 is 28.8 Å². The molecule has 4 N–H and O–H groups in total. The molecule has 0 aromatic heterocycles. The van der Waals surface area contributed by atoms with Gasteiger partial charge in [0.1, 0.15) is 19.6 Å². The Morgan fingerprint density at radius 1 is 0.371 bits per heavy atom. The van der Waals surface area contributed by atoms with Crippen LogP contribution in [-0.4, -0.2) is 137 Å². The van der Waals surface area contributed by atoms with E-state index in [0.29, 0.717) is 12.8 Å². The fourth-order valence-electron chi connectivity index (χ4n) is 8.08. The van der Waals surface area contributed by atoms with Crippen molar-refractivity contribution in [1.29, 1.82) is 0 Å². The summed E-state index contributed by atoms with van der Waals surface area (Å²) in [6, 6.07) is 17.8.